The first-order valence-electron chi connectivity index (χ1n) is 6.75. The summed E-state index contributed by atoms with van der Waals surface area (Å²) >= 11 is 0. The number of amides is 1. The predicted octanol–water partition coefficient (Wildman–Crippen LogP) is 0.975. The minimum Gasteiger partial charge on any atom is -0.359 e. The lowest BCUT2D eigenvalue weighted by molar-refractivity contribution is -0.120. The van der Waals surface area contributed by atoms with Crippen LogP contribution in [0.3, 0.4) is 0 Å². The lowest BCUT2D eigenvalue weighted by Crippen LogP contribution is -2.40. The van der Waals surface area contributed by atoms with Gasteiger partial charge in [0.05, 0.1) is 0 Å². The highest BCUT2D eigenvalue weighted by atomic mass is 16.1. The van der Waals surface area contributed by atoms with Crippen molar-refractivity contribution >= 4 is 5.91 Å². The van der Waals surface area contributed by atoms with E-state index in [-0.39, 0.29) is 5.91 Å². The molecule has 0 atom stereocenters. The average Bonchev–Trinajstić information content (AvgIpc) is 2.38. The number of nitrogens with one attached hydrogen (secondary N) is 2. The summed E-state index contributed by atoms with van der Waals surface area (Å²) in [6.07, 6.45) is 6.72. The van der Waals surface area contributed by atoms with E-state index in [9.17, 15) is 4.79 Å². The van der Waals surface area contributed by atoms with Crippen molar-refractivity contribution in [2.75, 3.05) is 27.7 Å². The smallest absolute Gasteiger partial charge is 0.219 e. The Morgan fingerprint density at radius 1 is 1.24 bits per heavy atom. The largest absolute Gasteiger partial charge is 0.359 e. The van der Waals surface area contributed by atoms with Crippen LogP contribution >= 0.6 is 0 Å². The third-order valence-electron chi connectivity index (χ3n) is 3.92. The highest BCUT2D eigenvalue weighted by Crippen LogP contribution is 2.22. The summed E-state index contributed by atoms with van der Waals surface area (Å²) in [5.41, 5.74) is 0. The van der Waals surface area contributed by atoms with Crippen LogP contribution in [0.1, 0.15) is 38.5 Å². The Labute approximate surface area is 105 Å². The molecule has 4 nitrogen and oxygen atoms in total. The molecule has 0 aromatic heterocycles. The fourth-order valence-electron chi connectivity index (χ4n) is 2.60. The van der Waals surface area contributed by atoms with Gasteiger partial charge in [0.2, 0.25) is 5.91 Å². The molecule has 0 radical (unpaired) electrons. The number of rotatable bonds is 6. The van der Waals surface area contributed by atoms with Crippen LogP contribution in [0.5, 0.6) is 0 Å². The summed E-state index contributed by atoms with van der Waals surface area (Å²) in [5, 5.41) is 6.02. The molecular weight excluding hydrogens is 214 g/mol. The van der Waals surface area contributed by atoms with Crippen LogP contribution in [0.15, 0.2) is 0 Å². The Balaban J connectivity index is 2.15. The van der Waals surface area contributed by atoms with Crippen molar-refractivity contribution in [2.24, 2.45) is 0 Å². The minimum absolute atomic E-state index is 0.150. The van der Waals surface area contributed by atoms with Crippen molar-refractivity contribution in [3.8, 4) is 0 Å². The zero-order chi connectivity index (χ0) is 12.7. The molecule has 1 rings (SSSR count). The van der Waals surface area contributed by atoms with E-state index in [0.29, 0.717) is 18.5 Å². The van der Waals surface area contributed by atoms with E-state index in [2.05, 4.69) is 29.6 Å². The molecule has 1 saturated carbocycles. The van der Waals surface area contributed by atoms with Crippen LogP contribution in [0.4, 0.5) is 0 Å². The summed E-state index contributed by atoms with van der Waals surface area (Å²) in [7, 11) is 5.94. The first-order valence-corrected chi connectivity index (χ1v) is 6.75. The summed E-state index contributed by atoms with van der Waals surface area (Å²) < 4.78 is 0. The molecule has 100 valence electrons. The van der Waals surface area contributed by atoms with E-state index >= 15 is 0 Å². The van der Waals surface area contributed by atoms with Gasteiger partial charge in [0.1, 0.15) is 0 Å². The summed E-state index contributed by atoms with van der Waals surface area (Å²) in [4.78, 5) is 13.5. The van der Waals surface area contributed by atoms with Crippen molar-refractivity contribution < 1.29 is 4.79 Å². The normalized spacial score (nSPS) is 24.9. The van der Waals surface area contributed by atoms with E-state index in [4.69, 9.17) is 0 Å². The van der Waals surface area contributed by atoms with E-state index in [1.807, 2.05) is 0 Å². The van der Waals surface area contributed by atoms with Crippen molar-refractivity contribution in [3.05, 3.63) is 0 Å². The molecule has 4 heteroatoms. The fourth-order valence-corrected chi connectivity index (χ4v) is 2.60. The van der Waals surface area contributed by atoms with Gasteiger partial charge in [0.25, 0.3) is 0 Å². The molecule has 0 heterocycles. The van der Waals surface area contributed by atoms with Crippen LogP contribution in [-0.2, 0) is 4.79 Å². The van der Waals surface area contributed by atoms with Gasteiger partial charge >= 0.3 is 0 Å². The molecule has 0 bridgehead atoms. The molecule has 0 aliphatic heterocycles. The van der Waals surface area contributed by atoms with E-state index < -0.39 is 0 Å². The molecule has 0 spiro atoms. The monoisotopic (exact) mass is 241 g/mol. The van der Waals surface area contributed by atoms with Crippen LogP contribution in [-0.4, -0.2) is 50.6 Å². The van der Waals surface area contributed by atoms with E-state index in [0.717, 1.165) is 13.0 Å². The van der Waals surface area contributed by atoms with Crippen molar-refractivity contribution in [2.45, 2.75) is 50.6 Å². The number of hydrogen-bond acceptors (Lipinski definition) is 3. The highest BCUT2D eigenvalue weighted by Gasteiger charge is 2.22. The Morgan fingerprint density at radius 2 is 1.88 bits per heavy atom. The molecule has 0 aromatic rings. The predicted molar refractivity (Wildman–Crippen MR) is 71.0 cm³/mol. The molecule has 1 fully saturated rings. The Morgan fingerprint density at radius 3 is 2.41 bits per heavy atom. The second-order valence-electron chi connectivity index (χ2n) is 5.05. The van der Waals surface area contributed by atoms with Crippen LogP contribution in [0, 0.1) is 0 Å². The molecule has 17 heavy (non-hydrogen) atoms. The SMILES string of the molecule is CNC(=O)CCCN(C)C1CCC(NC)CC1. The summed E-state index contributed by atoms with van der Waals surface area (Å²) in [6, 6.07) is 1.43. The summed E-state index contributed by atoms with van der Waals surface area (Å²) in [6.45, 7) is 1.03. The van der Waals surface area contributed by atoms with Gasteiger partial charge in [0.15, 0.2) is 0 Å². The third kappa shape index (κ3) is 5.04. The zero-order valence-corrected chi connectivity index (χ0v) is 11.5. The maximum Gasteiger partial charge on any atom is 0.219 e. The molecule has 1 aliphatic carbocycles. The molecule has 0 unspecified atom stereocenters. The van der Waals surface area contributed by atoms with E-state index in [1.165, 1.54) is 25.7 Å². The van der Waals surface area contributed by atoms with Crippen molar-refractivity contribution in [1.82, 2.24) is 15.5 Å². The molecule has 2 N–H and O–H groups in total. The fraction of sp³-hybridized carbons (Fsp3) is 0.923. The lowest BCUT2D eigenvalue weighted by Gasteiger charge is -2.34. The first kappa shape index (κ1) is 14.5. The quantitative estimate of drug-likeness (QED) is 0.728. The molecule has 0 aromatic carbocycles. The lowest BCUT2D eigenvalue weighted by atomic mass is 9.90. The van der Waals surface area contributed by atoms with Gasteiger partial charge in [-0.25, -0.2) is 0 Å². The minimum atomic E-state index is 0.150. The molecule has 0 saturated heterocycles. The van der Waals surface area contributed by atoms with Gasteiger partial charge in [-0.3, -0.25) is 4.79 Å². The maximum atomic E-state index is 11.1. The second-order valence-corrected chi connectivity index (χ2v) is 5.05. The van der Waals surface area contributed by atoms with Crippen molar-refractivity contribution in [1.29, 1.82) is 0 Å². The van der Waals surface area contributed by atoms with Gasteiger partial charge < -0.3 is 15.5 Å². The van der Waals surface area contributed by atoms with Crippen molar-refractivity contribution in [3.63, 3.8) is 0 Å². The zero-order valence-electron chi connectivity index (χ0n) is 11.5. The van der Waals surface area contributed by atoms with Crippen LogP contribution in [0.2, 0.25) is 0 Å². The first-order chi connectivity index (χ1) is 8.17. The average molecular weight is 241 g/mol. The summed E-state index contributed by atoms with van der Waals surface area (Å²) in [5.74, 6) is 0.150. The van der Waals surface area contributed by atoms with Gasteiger partial charge in [-0.1, -0.05) is 0 Å². The van der Waals surface area contributed by atoms with Crippen LogP contribution in [0.25, 0.3) is 0 Å². The highest BCUT2D eigenvalue weighted by molar-refractivity contribution is 5.75. The van der Waals surface area contributed by atoms with Crippen LogP contribution < -0.4 is 10.6 Å². The maximum absolute atomic E-state index is 11.1. The number of carbonyl (C=O) groups excluding carboxylic acids is 1. The molecular formula is C13H27N3O. The standard InChI is InChI=1S/C13H27N3O/c1-14-11-6-8-12(9-7-11)16(3)10-4-5-13(17)15-2/h11-12,14H,4-10H2,1-3H3,(H,15,17). The van der Waals surface area contributed by atoms with Gasteiger partial charge in [0, 0.05) is 25.6 Å². The third-order valence-corrected chi connectivity index (χ3v) is 3.92. The van der Waals surface area contributed by atoms with Gasteiger partial charge in [-0.15, -0.1) is 0 Å². The van der Waals surface area contributed by atoms with E-state index in [1.54, 1.807) is 7.05 Å². The van der Waals surface area contributed by atoms with Gasteiger partial charge in [-0.2, -0.15) is 0 Å². The number of nitrogens with zero attached hydrogens (tertiary/aromatic N) is 1. The Hall–Kier alpha value is -0.610. The molecule has 1 amide bonds. The second kappa shape index (κ2) is 7.67. The topological polar surface area (TPSA) is 44.4 Å². The molecule has 1 aliphatic rings. The number of hydrogen-bond donors (Lipinski definition) is 2. The Kier molecular flexibility index (Phi) is 6.52. The van der Waals surface area contributed by atoms with Gasteiger partial charge in [-0.05, 0) is 52.7 Å². The Bertz CT molecular complexity index is 225. The number of carbonyl (C=O) groups is 1.